The molecule has 1 heterocycles. The van der Waals surface area contributed by atoms with E-state index in [4.69, 9.17) is 0 Å². The first-order chi connectivity index (χ1) is 16.2. The molecule has 0 spiro atoms. The van der Waals surface area contributed by atoms with Crippen LogP contribution in [-0.4, -0.2) is 26.4 Å². The van der Waals surface area contributed by atoms with Gasteiger partial charge in [0.2, 0.25) is 5.91 Å². The zero-order valence-electron chi connectivity index (χ0n) is 19.2. The minimum atomic E-state index is -0.978. The number of benzene rings is 2. The Bertz CT molecular complexity index is 1300. The molecule has 34 heavy (non-hydrogen) atoms. The molecule has 1 fully saturated rings. The fourth-order valence-corrected chi connectivity index (χ4v) is 5.55. The lowest BCUT2D eigenvalue weighted by atomic mass is 9.65. The molecule has 1 aromatic heterocycles. The lowest BCUT2D eigenvalue weighted by Crippen LogP contribution is -2.45. The van der Waals surface area contributed by atoms with E-state index in [-0.39, 0.29) is 17.4 Å². The number of amides is 1. The molecule has 176 valence electrons. The summed E-state index contributed by atoms with van der Waals surface area (Å²) in [5.74, 6) is -1.11. The quantitative estimate of drug-likeness (QED) is 0.546. The number of rotatable bonds is 5. The molecule has 2 aromatic carbocycles. The van der Waals surface area contributed by atoms with E-state index < -0.39 is 16.8 Å². The lowest BCUT2D eigenvalue weighted by Gasteiger charge is -2.42. The van der Waals surface area contributed by atoms with Gasteiger partial charge in [0.25, 0.3) is 0 Å². The number of carbonyl (C=O) groups excluding carboxylic acids is 1. The summed E-state index contributed by atoms with van der Waals surface area (Å²) < 4.78 is 29.5. The number of nitrogens with one attached hydrogen (secondary N) is 1. The van der Waals surface area contributed by atoms with Crippen LogP contribution >= 0.6 is 0 Å². The number of fused-ring (bicyclic) bond motifs is 2. The molecule has 0 unspecified atom stereocenters. The molecule has 7 heteroatoms. The Hall–Kier alpha value is -3.32. The number of carbonyl (C=O) groups is 1. The zero-order chi connectivity index (χ0) is 24.1. The van der Waals surface area contributed by atoms with Gasteiger partial charge in [0.05, 0.1) is 28.9 Å². The molecule has 2 atom stereocenters. The summed E-state index contributed by atoms with van der Waals surface area (Å²) in [5.41, 5.74) is 3.34. The number of halogens is 2. The molecule has 5 rings (SSSR count). The number of anilines is 1. The van der Waals surface area contributed by atoms with Crippen molar-refractivity contribution in [2.45, 2.75) is 51.6 Å². The summed E-state index contributed by atoms with van der Waals surface area (Å²) in [6.07, 6.45) is 6.80. The van der Waals surface area contributed by atoms with Crippen molar-refractivity contribution in [3.05, 3.63) is 82.7 Å². The van der Waals surface area contributed by atoms with E-state index >= 15 is 0 Å². The van der Waals surface area contributed by atoms with Crippen LogP contribution in [0.3, 0.4) is 0 Å². The highest BCUT2D eigenvalue weighted by molar-refractivity contribution is 5.89. The zero-order valence-corrected chi connectivity index (χ0v) is 19.2. The Morgan fingerprint density at radius 2 is 1.97 bits per heavy atom. The van der Waals surface area contributed by atoms with Crippen molar-refractivity contribution < 1.29 is 18.7 Å². The number of hydrogen-bond donors (Lipinski definition) is 2. The van der Waals surface area contributed by atoms with E-state index in [0.29, 0.717) is 31.2 Å². The van der Waals surface area contributed by atoms with Gasteiger partial charge in [-0.25, -0.2) is 13.5 Å². The van der Waals surface area contributed by atoms with Gasteiger partial charge >= 0.3 is 0 Å². The van der Waals surface area contributed by atoms with Gasteiger partial charge in [0.1, 0.15) is 11.6 Å². The maximum Gasteiger partial charge on any atom is 0.221 e. The minimum absolute atomic E-state index is 0.184. The van der Waals surface area contributed by atoms with E-state index in [0.717, 1.165) is 28.9 Å². The average Bonchev–Trinajstić information content (AvgIpc) is 3.31. The standard InChI is InChI=1S/C27H27F2N3O2/c1-17(33)31-25-18(4-3-5-23(25)29)10-12-27(34)13-11-20-14-24-19(15-26(20,27)2)16-30-32(24)22-8-6-21(28)7-9-22/h3-9,14,16,34H,10-13,15H2,1-2H3,(H,31,33)/t26-,27-/m0/s1. The fraction of sp³-hybridized carbons (Fsp3) is 0.333. The fourth-order valence-electron chi connectivity index (χ4n) is 5.55. The third-order valence-electron chi connectivity index (χ3n) is 7.56. The summed E-state index contributed by atoms with van der Waals surface area (Å²) >= 11 is 0. The second-order valence-electron chi connectivity index (χ2n) is 9.61. The summed E-state index contributed by atoms with van der Waals surface area (Å²) in [4.78, 5) is 11.6. The van der Waals surface area contributed by atoms with Crippen LogP contribution in [0.4, 0.5) is 14.5 Å². The molecule has 0 bridgehead atoms. The van der Waals surface area contributed by atoms with Crippen molar-refractivity contribution in [1.29, 1.82) is 0 Å². The Morgan fingerprint density at radius 1 is 1.21 bits per heavy atom. The topological polar surface area (TPSA) is 67.2 Å². The van der Waals surface area contributed by atoms with E-state index in [9.17, 15) is 18.7 Å². The minimum Gasteiger partial charge on any atom is -0.389 e. The number of aliphatic hydroxyl groups is 1. The maximum atomic E-state index is 14.4. The molecule has 3 aromatic rings. The van der Waals surface area contributed by atoms with Gasteiger partial charge in [0, 0.05) is 12.3 Å². The predicted octanol–water partition coefficient (Wildman–Crippen LogP) is 5.21. The average molecular weight is 464 g/mol. The van der Waals surface area contributed by atoms with Gasteiger partial charge in [-0.3, -0.25) is 4.79 Å². The summed E-state index contributed by atoms with van der Waals surface area (Å²) in [6, 6.07) is 11.0. The molecule has 1 amide bonds. The summed E-state index contributed by atoms with van der Waals surface area (Å²) in [5, 5.41) is 19.0. The van der Waals surface area contributed by atoms with Crippen molar-refractivity contribution in [2.24, 2.45) is 5.41 Å². The first-order valence-electron chi connectivity index (χ1n) is 11.5. The normalized spacial score (nSPS) is 23.3. The number of para-hydroxylation sites is 1. The Balaban J connectivity index is 1.42. The smallest absolute Gasteiger partial charge is 0.221 e. The molecule has 0 saturated heterocycles. The molecule has 2 N–H and O–H groups in total. The van der Waals surface area contributed by atoms with Gasteiger partial charge < -0.3 is 10.4 Å². The first-order valence-corrected chi connectivity index (χ1v) is 11.5. The Kier molecular flexibility index (Phi) is 5.40. The highest BCUT2D eigenvalue weighted by atomic mass is 19.1. The van der Waals surface area contributed by atoms with Crippen LogP contribution in [0.2, 0.25) is 0 Å². The Morgan fingerprint density at radius 3 is 2.71 bits per heavy atom. The van der Waals surface area contributed by atoms with Gasteiger partial charge in [-0.2, -0.15) is 5.10 Å². The molecular weight excluding hydrogens is 436 g/mol. The number of hydrogen-bond acceptors (Lipinski definition) is 3. The van der Waals surface area contributed by atoms with Crippen LogP contribution in [0.1, 0.15) is 49.9 Å². The van der Waals surface area contributed by atoms with Crippen molar-refractivity contribution in [3.63, 3.8) is 0 Å². The molecule has 5 nitrogen and oxygen atoms in total. The van der Waals surface area contributed by atoms with Crippen LogP contribution < -0.4 is 5.32 Å². The highest BCUT2D eigenvalue weighted by Gasteiger charge is 2.54. The lowest BCUT2D eigenvalue weighted by molar-refractivity contribution is -0.114. The van der Waals surface area contributed by atoms with E-state index in [1.807, 2.05) is 10.9 Å². The van der Waals surface area contributed by atoms with E-state index in [1.165, 1.54) is 25.1 Å². The second kappa shape index (κ2) is 8.17. The van der Waals surface area contributed by atoms with Crippen molar-refractivity contribution in [1.82, 2.24) is 9.78 Å². The monoisotopic (exact) mass is 463 g/mol. The molecule has 1 saturated carbocycles. The van der Waals surface area contributed by atoms with Crippen molar-refractivity contribution >= 4 is 17.7 Å². The van der Waals surface area contributed by atoms with E-state index in [1.54, 1.807) is 24.3 Å². The predicted molar refractivity (Wildman–Crippen MR) is 127 cm³/mol. The molecule has 0 radical (unpaired) electrons. The first kappa shape index (κ1) is 22.5. The largest absolute Gasteiger partial charge is 0.389 e. The molecule has 2 aliphatic carbocycles. The number of nitrogens with zero attached hydrogens (tertiary/aromatic N) is 2. The molecule has 0 aliphatic heterocycles. The van der Waals surface area contributed by atoms with Gasteiger partial charge in [-0.15, -0.1) is 0 Å². The third-order valence-corrected chi connectivity index (χ3v) is 7.56. The van der Waals surface area contributed by atoms with Crippen LogP contribution in [0, 0.1) is 17.0 Å². The number of aromatic nitrogens is 2. The Labute approximate surface area is 197 Å². The van der Waals surface area contributed by atoms with E-state index in [2.05, 4.69) is 23.4 Å². The van der Waals surface area contributed by atoms with Gasteiger partial charge in [0.15, 0.2) is 0 Å². The van der Waals surface area contributed by atoms with Crippen molar-refractivity contribution in [2.75, 3.05) is 5.32 Å². The summed E-state index contributed by atoms with van der Waals surface area (Å²) in [7, 11) is 0. The highest BCUT2D eigenvalue weighted by Crippen LogP contribution is 2.57. The molecule has 2 aliphatic rings. The molecular formula is C27H27F2N3O2. The van der Waals surface area contributed by atoms with Crippen LogP contribution in [0.15, 0.2) is 54.2 Å². The van der Waals surface area contributed by atoms with Crippen molar-refractivity contribution in [3.8, 4) is 5.69 Å². The van der Waals surface area contributed by atoms with Crippen LogP contribution in [0.5, 0.6) is 0 Å². The summed E-state index contributed by atoms with van der Waals surface area (Å²) in [6.45, 7) is 3.44. The van der Waals surface area contributed by atoms with Gasteiger partial charge in [-0.1, -0.05) is 24.6 Å². The van der Waals surface area contributed by atoms with Gasteiger partial charge in [-0.05, 0) is 79.6 Å². The van der Waals surface area contributed by atoms with Crippen LogP contribution in [0.25, 0.3) is 11.8 Å². The maximum absolute atomic E-state index is 14.4. The SMILES string of the molecule is CC(=O)Nc1c(F)cccc1CC[C@]1(O)CCC2=Cc3c(cnn3-c3ccc(F)cc3)C[C@@]21C. The second-order valence-corrected chi connectivity index (χ2v) is 9.61. The van der Waals surface area contributed by atoms with Crippen LogP contribution in [-0.2, 0) is 17.6 Å². The number of aryl methyl sites for hydroxylation is 1. The third kappa shape index (κ3) is 3.64.